The van der Waals surface area contributed by atoms with Gasteiger partial charge >= 0.3 is 0 Å². The highest BCUT2D eigenvalue weighted by Crippen LogP contribution is 2.24. The van der Waals surface area contributed by atoms with Gasteiger partial charge in [-0.2, -0.15) is 0 Å². The third-order valence-corrected chi connectivity index (χ3v) is 4.17. The van der Waals surface area contributed by atoms with E-state index >= 15 is 0 Å². The van der Waals surface area contributed by atoms with Crippen LogP contribution in [-0.2, 0) is 10.0 Å². The second-order valence-corrected chi connectivity index (χ2v) is 5.97. The molecule has 2 aromatic rings. The maximum absolute atomic E-state index is 12.2. The number of nitrogens with one attached hydrogen (secondary N) is 1. The Morgan fingerprint density at radius 3 is 2.55 bits per heavy atom. The van der Waals surface area contributed by atoms with Crippen molar-refractivity contribution in [1.82, 2.24) is 9.97 Å². The van der Waals surface area contributed by atoms with E-state index in [1.165, 1.54) is 31.6 Å². The number of hydrogen-bond donors (Lipinski definition) is 1. The van der Waals surface area contributed by atoms with E-state index in [0.29, 0.717) is 11.3 Å². The molecule has 1 aromatic carbocycles. The summed E-state index contributed by atoms with van der Waals surface area (Å²) in [7, 11) is -2.25. The van der Waals surface area contributed by atoms with Gasteiger partial charge in [0.15, 0.2) is 11.0 Å². The molecule has 0 saturated heterocycles. The average molecular weight is 314 g/mol. The minimum absolute atomic E-state index is 0.0114. The van der Waals surface area contributed by atoms with Crippen LogP contribution in [0, 0.1) is 6.92 Å². The summed E-state index contributed by atoms with van der Waals surface area (Å²) < 4.78 is 31.8. The number of halogens is 1. The van der Waals surface area contributed by atoms with E-state index in [1.54, 1.807) is 13.0 Å². The zero-order valence-corrected chi connectivity index (χ0v) is 12.4. The normalized spacial score (nSPS) is 11.2. The van der Waals surface area contributed by atoms with E-state index in [0.717, 1.165) is 0 Å². The van der Waals surface area contributed by atoms with Crippen molar-refractivity contribution in [2.24, 2.45) is 0 Å². The Bertz CT molecular complexity index is 734. The van der Waals surface area contributed by atoms with Crippen molar-refractivity contribution in [2.75, 3.05) is 11.8 Å². The molecule has 1 N–H and O–H groups in total. The van der Waals surface area contributed by atoms with Gasteiger partial charge in [0.25, 0.3) is 10.0 Å². The monoisotopic (exact) mass is 313 g/mol. The number of sulfonamides is 1. The molecule has 1 heterocycles. The second-order valence-electron chi connectivity index (χ2n) is 3.93. The van der Waals surface area contributed by atoms with Crippen LogP contribution in [0.5, 0.6) is 5.75 Å². The van der Waals surface area contributed by atoms with Crippen LogP contribution in [0.4, 0.5) is 5.82 Å². The molecule has 0 saturated carbocycles. The Morgan fingerprint density at radius 1 is 1.25 bits per heavy atom. The molecular formula is C12H12ClN3O3S. The van der Waals surface area contributed by atoms with E-state index in [9.17, 15) is 8.42 Å². The van der Waals surface area contributed by atoms with E-state index in [-0.39, 0.29) is 15.9 Å². The average Bonchev–Trinajstić information content (AvgIpc) is 2.41. The highest BCUT2D eigenvalue weighted by molar-refractivity contribution is 7.92. The zero-order valence-electron chi connectivity index (χ0n) is 10.8. The number of anilines is 1. The fourth-order valence-corrected chi connectivity index (χ4v) is 2.90. The highest BCUT2D eigenvalue weighted by Gasteiger charge is 2.18. The van der Waals surface area contributed by atoms with Crippen LogP contribution < -0.4 is 9.46 Å². The molecule has 0 fully saturated rings. The van der Waals surface area contributed by atoms with Crippen LogP contribution in [0.1, 0.15) is 5.56 Å². The zero-order chi connectivity index (χ0) is 14.8. The SMILES string of the molecule is COc1ccc(S(=O)(=O)Nc2nccnc2Cl)cc1C. The fourth-order valence-electron chi connectivity index (χ4n) is 1.59. The Labute approximate surface area is 121 Å². The van der Waals surface area contributed by atoms with Gasteiger partial charge in [-0.05, 0) is 30.7 Å². The van der Waals surface area contributed by atoms with Crippen LogP contribution in [0.25, 0.3) is 0 Å². The van der Waals surface area contributed by atoms with E-state index in [4.69, 9.17) is 16.3 Å². The van der Waals surface area contributed by atoms with Gasteiger partial charge < -0.3 is 4.74 Å². The van der Waals surface area contributed by atoms with Crippen molar-refractivity contribution in [2.45, 2.75) is 11.8 Å². The first kappa shape index (κ1) is 14.5. The lowest BCUT2D eigenvalue weighted by Gasteiger charge is -2.10. The van der Waals surface area contributed by atoms with Crippen molar-refractivity contribution >= 4 is 27.4 Å². The maximum atomic E-state index is 12.2. The first-order valence-electron chi connectivity index (χ1n) is 5.58. The van der Waals surface area contributed by atoms with Crippen molar-refractivity contribution in [3.05, 3.63) is 41.3 Å². The number of aryl methyl sites for hydroxylation is 1. The molecular weight excluding hydrogens is 302 g/mol. The molecule has 0 amide bonds. The van der Waals surface area contributed by atoms with Gasteiger partial charge in [0.2, 0.25) is 0 Å². The molecule has 0 radical (unpaired) electrons. The summed E-state index contributed by atoms with van der Waals surface area (Å²) in [5, 5.41) is -0.0127. The van der Waals surface area contributed by atoms with Gasteiger partial charge in [-0.1, -0.05) is 11.6 Å². The fraction of sp³-hybridized carbons (Fsp3) is 0.167. The van der Waals surface area contributed by atoms with E-state index in [1.807, 2.05) is 0 Å². The Kier molecular flexibility index (Phi) is 4.10. The number of ether oxygens (including phenoxy) is 1. The summed E-state index contributed by atoms with van der Waals surface area (Å²) in [6, 6.07) is 4.53. The summed E-state index contributed by atoms with van der Waals surface area (Å²) in [6.07, 6.45) is 2.72. The van der Waals surface area contributed by atoms with Gasteiger partial charge in [0, 0.05) is 12.4 Å². The summed E-state index contributed by atoms with van der Waals surface area (Å²) >= 11 is 5.78. The lowest BCUT2D eigenvalue weighted by atomic mass is 10.2. The minimum atomic E-state index is -3.78. The largest absolute Gasteiger partial charge is 0.496 e. The van der Waals surface area contributed by atoms with Gasteiger partial charge in [0.05, 0.1) is 12.0 Å². The van der Waals surface area contributed by atoms with Gasteiger partial charge in [-0.25, -0.2) is 18.4 Å². The highest BCUT2D eigenvalue weighted by atomic mass is 35.5. The standard InChI is InChI=1S/C12H12ClN3O3S/c1-8-7-9(3-4-10(8)19-2)20(17,18)16-12-11(13)14-5-6-15-12/h3-7H,1-2H3,(H,15,16). The lowest BCUT2D eigenvalue weighted by molar-refractivity contribution is 0.411. The van der Waals surface area contributed by atoms with Gasteiger partial charge in [-0.15, -0.1) is 0 Å². The molecule has 0 spiro atoms. The van der Waals surface area contributed by atoms with Crippen molar-refractivity contribution < 1.29 is 13.2 Å². The van der Waals surface area contributed by atoms with Crippen molar-refractivity contribution in [3.63, 3.8) is 0 Å². The summed E-state index contributed by atoms with van der Waals surface area (Å²) in [5.41, 5.74) is 0.709. The molecule has 1 aromatic heterocycles. The summed E-state index contributed by atoms with van der Waals surface area (Å²) in [6.45, 7) is 1.76. The number of benzene rings is 1. The first-order chi connectivity index (χ1) is 9.44. The van der Waals surface area contributed by atoms with Crippen molar-refractivity contribution in [1.29, 1.82) is 0 Å². The Balaban J connectivity index is 2.36. The second kappa shape index (κ2) is 5.64. The molecule has 6 nitrogen and oxygen atoms in total. The van der Waals surface area contributed by atoms with E-state index in [2.05, 4.69) is 14.7 Å². The molecule has 0 bridgehead atoms. The topological polar surface area (TPSA) is 81.2 Å². The third kappa shape index (κ3) is 3.00. The predicted molar refractivity (Wildman–Crippen MR) is 75.6 cm³/mol. The van der Waals surface area contributed by atoms with E-state index < -0.39 is 10.0 Å². The Hall–Kier alpha value is -1.86. The van der Waals surface area contributed by atoms with Crippen LogP contribution in [0.15, 0.2) is 35.5 Å². The van der Waals surface area contributed by atoms with Gasteiger partial charge in [0.1, 0.15) is 5.75 Å². The molecule has 0 unspecified atom stereocenters. The summed E-state index contributed by atoms with van der Waals surface area (Å²) in [5.74, 6) is 0.601. The molecule has 106 valence electrons. The number of aromatic nitrogens is 2. The molecule has 0 aliphatic carbocycles. The number of nitrogens with zero attached hydrogens (tertiary/aromatic N) is 2. The molecule has 0 atom stereocenters. The quantitative estimate of drug-likeness (QED) is 0.936. The number of rotatable bonds is 4. The van der Waals surface area contributed by atoms with Crippen LogP contribution in [0.2, 0.25) is 5.15 Å². The number of hydrogen-bond acceptors (Lipinski definition) is 5. The predicted octanol–water partition coefficient (Wildman–Crippen LogP) is 2.25. The maximum Gasteiger partial charge on any atom is 0.263 e. The van der Waals surface area contributed by atoms with Crippen LogP contribution >= 0.6 is 11.6 Å². The van der Waals surface area contributed by atoms with Crippen molar-refractivity contribution in [3.8, 4) is 5.75 Å². The minimum Gasteiger partial charge on any atom is -0.496 e. The lowest BCUT2D eigenvalue weighted by Crippen LogP contribution is -2.14. The van der Waals surface area contributed by atoms with Gasteiger partial charge in [-0.3, -0.25) is 4.72 Å². The third-order valence-electron chi connectivity index (χ3n) is 2.56. The molecule has 0 aliphatic heterocycles. The Morgan fingerprint density at radius 2 is 1.95 bits per heavy atom. The summed E-state index contributed by atoms with van der Waals surface area (Å²) in [4.78, 5) is 7.69. The van der Waals surface area contributed by atoms with Crippen LogP contribution in [0.3, 0.4) is 0 Å². The smallest absolute Gasteiger partial charge is 0.263 e. The first-order valence-corrected chi connectivity index (χ1v) is 7.44. The molecule has 0 aliphatic rings. The van der Waals surface area contributed by atoms with Crippen LogP contribution in [-0.4, -0.2) is 25.5 Å². The molecule has 2 rings (SSSR count). The number of methoxy groups -OCH3 is 1. The molecule has 8 heteroatoms. The molecule has 20 heavy (non-hydrogen) atoms.